The molecule has 0 aliphatic carbocycles. The Bertz CT molecular complexity index is 500. The summed E-state index contributed by atoms with van der Waals surface area (Å²) < 4.78 is 0.922. The van der Waals surface area contributed by atoms with E-state index in [-0.39, 0.29) is 5.91 Å². The van der Waals surface area contributed by atoms with Crippen LogP contribution in [0.5, 0.6) is 0 Å². The van der Waals surface area contributed by atoms with Crippen LogP contribution in [0, 0.1) is 5.41 Å². The van der Waals surface area contributed by atoms with E-state index in [4.69, 9.17) is 0 Å². The van der Waals surface area contributed by atoms with Gasteiger partial charge >= 0.3 is 0 Å². The van der Waals surface area contributed by atoms with E-state index in [0.717, 1.165) is 36.3 Å². The molecular formula is C15H20BrN3O. The van der Waals surface area contributed by atoms with Gasteiger partial charge < -0.3 is 10.6 Å². The molecule has 0 bridgehead atoms. The zero-order valence-electron chi connectivity index (χ0n) is 11.5. The highest BCUT2D eigenvalue weighted by atomic mass is 79.9. The van der Waals surface area contributed by atoms with Crippen molar-refractivity contribution in [2.45, 2.75) is 12.8 Å². The minimum absolute atomic E-state index is 0.0694. The molecule has 108 valence electrons. The Morgan fingerprint density at radius 1 is 1.40 bits per heavy atom. The molecule has 3 rings (SSSR count). The molecular weight excluding hydrogens is 318 g/mol. The minimum atomic E-state index is 0.0694. The molecule has 5 heteroatoms. The molecule has 1 spiro atoms. The quantitative estimate of drug-likeness (QED) is 0.887. The number of para-hydroxylation sites is 1. The lowest BCUT2D eigenvalue weighted by Gasteiger charge is -2.22. The zero-order valence-corrected chi connectivity index (χ0v) is 13.1. The third kappa shape index (κ3) is 3.05. The van der Waals surface area contributed by atoms with Crippen molar-refractivity contribution in [3.63, 3.8) is 0 Å². The number of likely N-dealkylation sites (tertiary alicyclic amines) is 1. The zero-order chi connectivity index (χ0) is 14.0. The van der Waals surface area contributed by atoms with Crippen molar-refractivity contribution < 1.29 is 4.79 Å². The van der Waals surface area contributed by atoms with Gasteiger partial charge in [-0.25, -0.2) is 0 Å². The summed E-state index contributed by atoms with van der Waals surface area (Å²) in [7, 11) is 0. The van der Waals surface area contributed by atoms with Gasteiger partial charge in [0.05, 0.1) is 12.2 Å². The standard InChI is InChI=1S/C15H20BrN3O/c16-12-3-1-2-4-13(12)18-14(20)9-19-8-6-15(11-19)5-7-17-10-15/h1-4,17H,5-11H2,(H,18,20). The van der Waals surface area contributed by atoms with Crippen molar-refractivity contribution in [3.05, 3.63) is 28.7 Å². The first kappa shape index (κ1) is 14.0. The van der Waals surface area contributed by atoms with Crippen molar-refractivity contribution in [2.75, 3.05) is 38.0 Å². The van der Waals surface area contributed by atoms with Gasteiger partial charge in [0.1, 0.15) is 0 Å². The second-order valence-electron chi connectivity index (χ2n) is 5.92. The number of hydrogen-bond donors (Lipinski definition) is 2. The predicted molar refractivity (Wildman–Crippen MR) is 83.7 cm³/mol. The molecule has 2 aliphatic heterocycles. The van der Waals surface area contributed by atoms with E-state index in [0.29, 0.717) is 12.0 Å². The molecule has 1 atom stereocenters. The van der Waals surface area contributed by atoms with Crippen LogP contribution in [0.1, 0.15) is 12.8 Å². The number of rotatable bonds is 3. The van der Waals surface area contributed by atoms with Crippen LogP contribution in [0.4, 0.5) is 5.69 Å². The first-order chi connectivity index (χ1) is 9.67. The van der Waals surface area contributed by atoms with Crippen LogP contribution in [0.3, 0.4) is 0 Å². The lowest BCUT2D eigenvalue weighted by atomic mass is 9.87. The molecule has 0 aromatic heterocycles. The van der Waals surface area contributed by atoms with E-state index in [2.05, 4.69) is 31.5 Å². The molecule has 2 aliphatic rings. The summed E-state index contributed by atoms with van der Waals surface area (Å²) in [5.41, 5.74) is 1.27. The van der Waals surface area contributed by atoms with Crippen LogP contribution >= 0.6 is 15.9 Å². The van der Waals surface area contributed by atoms with Crippen LogP contribution < -0.4 is 10.6 Å². The lowest BCUT2D eigenvalue weighted by molar-refractivity contribution is -0.117. The molecule has 2 N–H and O–H groups in total. The second-order valence-corrected chi connectivity index (χ2v) is 6.77. The summed E-state index contributed by atoms with van der Waals surface area (Å²) in [6.45, 7) is 4.80. The number of nitrogens with one attached hydrogen (secondary N) is 2. The van der Waals surface area contributed by atoms with Crippen molar-refractivity contribution in [1.82, 2.24) is 10.2 Å². The number of nitrogens with zero attached hydrogens (tertiary/aromatic N) is 1. The van der Waals surface area contributed by atoms with Crippen molar-refractivity contribution in [1.29, 1.82) is 0 Å². The Kier molecular flexibility index (Phi) is 4.10. The average Bonchev–Trinajstić information content (AvgIpc) is 3.03. The number of anilines is 1. The van der Waals surface area contributed by atoms with Gasteiger partial charge in [0.2, 0.25) is 5.91 Å². The van der Waals surface area contributed by atoms with Crippen LogP contribution in [-0.2, 0) is 4.79 Å². The maximum atomic E-state index is 12.1. The number of benzene rings is 1. The molecule has 1 aromatic rings. The Morgan fingerprint density at radius 3 is 3.00 bits per heavy atom. The normalized spacial score (nSPS) is 26.2. The van der Waals surface area contributed by atoms with Gasteiger partial charge in [-0.15, -0.1) is 0 Å². The first-order valence-corrected chi connectivity index (χ1v) is 7.94. The summed E-state index contributed by atoms with van der Waals surface area (Å²) >= 11 is 3.45. The van der Waals surface area contributed by atoms with Crippen molar-refractivity contribution in [2.24, 2.45) is 5.41 Å². The summed E-state index contributed by atoms with van der Waals surface area (Å²) in [5, 5.41) is 6.42. The molecule has 1 amide bonds. The number of carbonyl (C=O) groups is 1. The third-order valence-electron chi connectivity index (χ3n) is 4.36. The summed E-state index contributed by atoms with van der Waals surface area (Å²) in [5.74, 6) is 0.0694. The lowest BCUT2D eigenvalue weighted by Crippen LogP contribution is -2.34. The highest BCUT2D eigenvalue weighted by Gasteiger charge is 2.40. The number of hydrogen-bond acceptors (Lipinski definition) is 3. The fourth-order valence-electron chi connectivity index (χ4n) is 3.26. The van der Waals surface area contributed by atoms with Crippen LogP contribution in [0.25, 0.3) is 0 Å². The minimum Gasteiger partial charge on any atom is -0.324 e. The van der Waals surface area contributed by atoms with E-state index in [1.165, 1.54) is 12.8 Å². The smallest absolute Gasteiger partial charge is 0.238 e. The van der Waals surface area contributed by atoms with Gasteiger partial charge in [0.15, 0.2) is 0 Å². The van der Waals surface area contributed by atoms with E-state index < -0.39 is 0 Å². The molecule has 1 aromatic carbocycles. The monoisotopic (exact) mass is 337 g/mol. The molecule has 20 heavy (non-hydrogen) atoms. The highest BCUT2D eigenvalue weighted by molar-refractivity contribution is 9.10. The van der Waals surface area contributed by atoms with Crippen LogP contribution in [-0.4, -0.2) is 43.5 Å². The fourth-order valence-corrected chi connectivity index (χ4v) is 3.65. The molecule has 2 saturated heterocycles. The largest absolute Gasteiger partial charge is 0.324 e. The van der Waals surface area contributed by atoms with Crippen LogP contribution in [0.15, 0.2) is 28.7 Å². The van der Waals surface area contributed by atoms with Gasteiger partial charge in [-0.3, -0.25) is 9.69 Å². The second kappa shape index (κ2) is 5.84. The van der Waals surface area contributed by atoms with E-state index in [9.17, 15) is 4.79 Å². The van der Waals surface area contributed by atoms with Crippen molar-refractivity contribution >= 4 is 27.5 Å². The summed E-state index contributed by atoms with van der Waals surface area (Å²) in [6.07, 6.45) is 2.46. The van der Waals surface area contributed by atoms with Gasteiger partial charge in [0.25, 0.3) is 0 Å². The molecule has 2 fully saturated rings. The number of halogens is 1. The Balaban J connectivity index is 1.54. The van der Waals surface area contributed by atoms with Crippen molar-refractivity contribution in [3.8, 4) is 0 Å². The molecule has 2 heterocycles. The maximum absolute atomic E-state index is 12.1. The first-order valence-electron chi connectivity index (χ1n) is 7.14. The van der Waals surface area contributed by atoms with Crippen LogP contribution in [0.2, 0.25) is 0 Å². The van der Waals surface area contributed by atoms with Gasteiger partial charge in [0, 0.05) is 17.6 Å². The number of carbonyl (C=O) groups excluding carboxylic acids is 1. The highest BCUT2D eigenvalue weighted by Crippen LogP contribution is 2.35. The Morgan fingerprint density at radius 2 is 2.25 bits per heavy atom. The fraction of sp³-hybridized carbons (Fsp3) is 0.533. The predicted octanol–water partition coefficient (Wildman–Crippen LogP) is 2.07. The average molecular weight is 338 g/mol. The van der Waals surface area contributed by atoms with E-state index >= 15 is 0 Å². The third-order valence-corrected chi connectivity index (χ3v) is 5.06. The summed E-state index contributed by atoms with van der Waals surface area (Å²) in [6, 6.07) is 7.71. The molecule has 0 radical (unpaired) electrons. The van der Waals surface area contributed by atoms with E-state index in [1.54, 1.807) is 0 Å². The molecule has 1 unspecified atom stereocenters. The topological polar surface area (TPSA) is 44.4 Å². The SMILES string of the molecule is O=C(CN1CCC2(CCNC2)C1)Nc1ccccc1Br. The van der Waals surface area contributed by atoms with Gasteiger partial charge in [-0.05, 0) is 59.4 Å². The van der Waals surface area contributed by atoms with E-state index in [1.807, 2.05) is 24.3 Å². The Hall–Kier alpha value is -0.910. The summed E-state index contributed by atoms with van der Waals surface area (Å²) in [4.78, 5) is 14.4. The van der Waals surface area contributed by atoms with Gasteiger partial charge in [-0.1, -0.05) is 12.1 Å². The Labute approximate surface area is 128 Å². The molecule has 0 saturated carbocycles. The molecule has 4 nitrogen and oxygen atoms in total. The van der Waals surface area contributed by atoms with Gasteiger partial charge in [-0.2, -0.15) is 0 Å². The maximum Gasteiger partial charge on any atom is 0.238 e. The number of amides is 1.